The first-order chi connectivity index (χ1) is 14.7. The highest BCUT2D eigenvalue weighted by atomic mass is 16.2. The van der Waals surface area contributed by atoms with Crippen LogP contribution in [0, 0.1) is 0 Å². The Labute approximate surface area is 177 Å². The smallest absolute Gasteiger partial charge is 0.329 e. The first-order valence-corrected chi connectivity index (χ1v) is 10.9. The number of benzene rings is 2. The van der Waals surface area contributed by atoms with Gasteiger partial charge in [-0.15, -0.1) is 0 Å². The predicted octanol–water partition coefficient (Wildman–Crippen LogP) is 2.95. The summed E-state index contributed by atoms with van der Waals surface area (Å²) in [6, 6.07) is 18.2. The van der Waals surface area contributed by atoms with Gasteiger partial charge in [0.2, 0.25) is 5.91 Å². The highest BCUT2D eigenvalue weighted by molar-refractivity contribution is 5.81. The minimum Gasteiger partial charge on any atom is -0.340 e. The molecule has 1 aliphatic rings. The van der Waals surface area contributed by atoms with E-state index in [1.807, 2.05) is 35.2 Å². The number of aryl methyl sites for hydroxylation is 1. The van der Waals surface area contributed by atoms with Crippen LogP contribution in [0.25, 0.3) is 11.0 Å². The average molecular weight is 407 g/mol. The van der Waals surface area contributed by atoms with Gasteiger partial charge in [-0.3, -0.25) is 18.8 Å². The van der Waals surface area contributed by atoms with Gasteiger partial charge in [0.1, 0.15) is 6.54 Å². The van der Waals surface area contributed by atoms with E-state index in [4.69, 9.17) is 0 Å². The fourth-order valence-corrected chi connectivity index (χ4v) is 4.32. The third-order valence-electron chi connectivity index (χ3n) is 5.86. The Morgan fingerprint density at radius 2 is 1.57 bits per heavy atom. The summed E-state index contributed by atoms with van der Waals surface area (Å²) in [6.07, 6.45) is 1.83. The monoisotopic (exact) mass is 406 g/mol. The zero-order valence-electron chi connectivity index (χ0n) is 17.7. The van der Waals surface area contributed by atoms with Crippen LogP contribution in [0.3, 0.4) is 0 Å². The first-order valence-electron chi connectivity index (χ1n) is 10.9. The number of hydrogen-bond acceptors (Lipinski definition) is 3. The molecule has 0 saturated carbocycles. The van der Waals surface area contributed by atoms with Gasteiger partial charge in [0.15, 0.2) is 0 Å². The van der Waals surface area contributed by atoms with Crippen LogP contribution in [0.2, 0.25) is 0 Å². The van der Waals surface area contributed by atoms with E-state index >= 15 is 0 Å². The van der Waals surface area contributed by atoms with E-state index in [0.717, 1.165) is 50.1 Å². The zero-order valence-corrected chi connectivity index (χ0v) is 17.7. The standard InChI is InChI=1S/C24H30N4O2/c1-2-13-27-21-11-6-7-12-22(21)28(24(27)30)19-23(29)26-15-8-14-25(16-17-26)18-20-9-4-3-5-10-20/h3-7,9-12H,2,8,13-19H2,1H3. The first kappa shape index (κ1) is 20.4. The van der Waals surface area contributed by atoms with Crippen LogP contribution in [0.1, 0.15) is 25.3 Å². The topological polar surface area (TPSA) is 50.5 Å². The van der Waals surface area contributed by atoms with Crippen LogP contribution >= 0.6 is 0 Å². The molecule has 0 atom stereocenters. The molecule has 1 fully saturated rings. The largest absolute Gasteiger partial charge is 0.340 e. The van der Waals surface area contributed by atoms with E-state index in [0.29, 0.717) is 13.1 Å². The fourth-order valence-electron chi connectivity index (χ4n) is 4.32. The summed E-state index contributed by atoms with van der Waals surface area (Å²) in [5.74, 6) is 0.0260. The van der Waals surface area contributed by atoms with Crippen LogP contribution in [0.5, 0.6) is 0 Å². The van der Waals surface area contributed by atoms with Gasteiger partial charge in [-0.1, -0.05) is 49.4 Å². The summed E-state index contributed by atoms with van der Waals surface area (Å²) in [6.45, 7) is 7.02. The highest BCUT2D eigenvalue weighted by Gasteiger charge is 2.22. The van der Waals surface area contributed by atoms with E-state index in [1.54, 1.807) is 9.13 Å². The molecule has 1 amide bonds. The second kappa shape index (κ2) is 9.30. The number of hydrogen-bond donors (Lipinski definition) is 0. The van der Waals surface area contributed by atoms with Crippen molar-refractivity contribution < 1.29 is 4.79 Å². The maximum Gasteiger partial charge on any atom is 0.329 e. The number of aromatic nitrogens is 2. The number of nitrogens with zero attached hydrogens (tertiary/aromatic N) is 4. The second-order valence-electron chi connectivity index (χ2n) is 8.01. The molecule has 0 bridgehead atoms. The van der Waals surface area contributed by atoms with E-state index < -0.39 is 0 Å². The van der Waals surface area contributed by atoms with Crippen LogP contribution in [-0.4, -0.2) is 51.0 Å². The normalized spacial score (nSPS) is 15.4. The lowest BCUT2D eigenvalue weighted by Gasteiger charge is -2.22. The van der Waals surface area contributed by atoms with E-state index in [2.05, 4.69) is 36.1 Å². The van der Waals surface area contributed by atoms with Gasteiger partial charge < -0.3 is 4.90 Å². The van der Waals surface area contributed by atoms with Gasteiger partial charge in [-0.05, 0) is 30.5 Å². The van der Waals surface area contributed by atoms with Crippen LogP contribution in [0.15, 0.2) is 59.4 Å². The summed E-state index contributed by atoms with van der Waals surface area (Å²) >= 11 is 0. The molecule has 2 heterocycles. The molecule has 0 unspecified atom stereocenters. The summed E-state index contributed by atoms with van der Waals surface area (Å²) in [7, 11) is 0. The molecule has 30 heavy (non-hydrogen) atoms. The minimum absolute atomic E-state index is 0.0260. The van der Waals surface area contributed by atoms with Crippen molar-refractivity contribution in [2.24, 2.45) is 0 Å². The number of carbonyl (C=O) groups excluding carboxylic acids is 1. The second-order valence-corrected chi connectivity index (χ2v) is 8.01. The lowest BCUT2D eigenvalue weighted by atomic mass is 10.2. The van der Waals surface area contributed by atoms with E-state index in [-0.39, 0.29) is 18.1 Å². The van der Waals surface area contributed by atoms with Crippen molar-refractivity contribution in [3.8, 4) is 0 Å². The Morgan fingerprint density at radius 3 is 2.30 bits per heavy atom. The lowest BCUT2D eigenvalue weighted by Crippen LogP contribution is -2.39. The van der Waals surface area contributed by atoms with Gasteiger partial charge in [0, 0.05) is 39.3 Å². The lowest BCUT2D eigenvalue weighted by molar-refractivity contribution is -0.131. The van der Waals surface area contributed by atoms with Crippen molar-refractivity contribution in [3.05, 3.63) is 70.6 Å². The van der Waals surface area contributed by atoms with Crippen molar-refractivity contribution in [3.63, 3.8) is 0 Å². The van der Waals surface area contributed by atoms with Gasteiger partial charge in [0.25, 0.3) is 0 Å². The summed E-state index contributed by atoms with van der Waals surface area (Å²) in [5.41, 5.74) is 2.95. The Balaban J connectivity index is 1.46. The number of rotatable bonds is 6. The van der Waals surface area contributed by atoms with Crippen LogP contribution in [0.4, 0.5) is 0 Å². The van der Waals surface area contributed by atoms with Gasteiger partial charge in [-0.25, -0.2) is 4.79 Å². The third kappa shape index (κ3) is 4.33. The van der Waals surface area contributed by atoms with Crippen molar-refractivity contribution in [2.75, 3.05) is 26.2 Å². The Hall–Kier alpha value is -2.86. The van der Waals surface area contributed by atoms with E-state index in [9.17, 15) is 9.59 Å². The van der Waals surface area contributed by atoms with Crippen LogP contribution < -0.4 is 5.69 Å². The molecule has 6 heteroatoms. The van der Waals surface area contributed by atoms with Gasteiger partial charge in [-0.2, -0.15) is 0 Å². The molecule has 0 N–H and O–H groups in total. The molecule has 1 aliphatic heterocycles. The SMILES string of the molecule is CCCn1c(=O)n(CC(=O)N2CCCN(Cc3ccccc3)CC2)c2ccccc21. The zero-order chi connectivity index (χ0) is 20.9. The molecule has 2 aromatic carbocycles. The Morgan fingerprint density at radius 1 is 0.867 bits per heavy atom. The number of imidazole rings is 1. The molecule has 1 aromatic heterocycles. The summed E-state index contributed by atoms with van der Waals surface area (Å²) < 4.78 is 3.42. The molecule has 0 aliphatic carbocycles. The average Bonchev–Trinajstić information content (AvgIpc) is 2.91. The molecular weight excluding hydrogens is 376 g/mol. The number of carbonyl (C=O) groups is 1. The molecule has 3 aromatic rings. The number of para-hydroxylation sites is 2. The number of fused-ring (bicyclic) bond motifs is 1. The molecule has 1 saturated heterocycles. The predicted molar refractivity (Wildman–Crippen MR) is 119 cm³/mol. The third-order valence-corrected chi connectivity index (χ3v) is 5.86. The molecule has 0 spiro atoms. The van der Waals surface area contributed by atoms with Crippen molar-refractivity contribution in [1.82, 2.24) is 18.9 Å². The van der Waals surface area contributed by atoms with E-state index in [1.165, 1.54) is 5.56 Å². The summed E-state index contributed by atoms with van der Waals surface area (Å²) in [4.78, 5) is 30.4. The molecule has 6 nitrogen and oxygen atoms in total. The van der Waals surface area contributed by atoms with Gasteiger partial charge >= 0.3 is 5.69 Å². The number of amides is 1. The van der Waals surface area contributed by atoms with Crippen molar-refractivity contribution >= 4 is 16.9 Å². The molecule has 0 radical (unpaired) electrons. The minimum atomic E-state index is -0.0908. The fraction of sp³-hybridized carbons (Fsp3) is 0.417. The maximum absolute atomic E-state index is 13.1. The quantitative estimate of drug-likeness (QED) is 0.632. The summed E-state index contributed by atoms with van der Waals surface area (Å²) in [5, 5.41) is 0. The van der Waals surface area contributed by atoms with Crippen LogP contribution in [-0.2, 0) is 24.4 Å². The molecule has 4 rings (SSSR count). The Bertz CT molecular complexity index is 1050. The maximum atomic E-state index is 13.1. The van der Waals surface area contributed by atoms with Crippen molar-refractivity contribution in [1.29, 1.82) is 0 Å². The molecular formula is C24H30N4O2. The van der Waals surface area contributed by atoms with Gasteiger partial charge in [0.05, 0.1) is 11.0 Å². The van der Waals surface area contributed by atoms with Crippen molar-refractivity contribution in [2.45, 2.75) is 39.4 Å². The Kier molecular flexibility index (Phi) is 6.33. The highest BCUT2D eigenvalue weighted by Crippen LogP contribution is 2.14. The molecule has 158 valence electrons.